The van der Waals surface area contributed by atoms with E-state index in [1.807, 2.05) is 54.6 Å². The van der Waals surface area contributed by atoms with Crippen molar-refractivity contribution >= 4 is 30.1 Å². The maximum absolute atomic E-state index is 12.5. The van der Waals surface area contributed by atoms with Crippen molar-refractivity contribution in [1.29, 1.82) is 0 Å². The minimum atomic E-state index is -1.25. The highest BCUT2D eigenvalue weighted by atomic mass is 79.9. The van der Waals surface area contributed by atoms with Crippen LogP contribution in [0.2, 0.25) is 25.7 Å². The Hall–Kier alpha value is -1.63. The molecule has 146 valence electrons. The van der Waals surface area contributed by atoms with Gasteiger partial charge in [0.15, 0.2) is 0 Å². The van der Waals surface area contributed by atoms with E-state index in [1.54, 1.807) is 0 Å². The highest BCUT2D eigenvalue weighted by Gasteiger charge is 2.19. The Labute approximate surface area is 171 Å². The number of carbonyl (C=O) groups is 1. The standard InChI is InChI=1S/C21H28BrNO3Si/c1-27(2,3)15-14-25-21(24)23(26-17-19-8-5-4-6-9-19)13-12-18-10-7-11-20(22)16-18/h4-11,16H,12-15,17H2,1-3H3. The molecule has 2 aromatic rings. The molecule has 0 heterocycles. The van der Waals surface area contributed by atoms with Crippen LogP contribution in [0.1, 0.15) is 11.1 Å². The van der Waals surface area contributed by atoms with Gasteiger partial charge in [0.25, 0.3) is 0 Å². The van der Waals surface area contributed by atoms with Crippen molar-refractivity contribution in [3.8, 4) is 0 Å². The number of nitrogens with zero attached hydrogens (tertiary/aromatic N) is 1. The first kappa shape index (κ1) is 21.7. The first-order valence-electron chi connectivity index (χ1n) is 9.19. The van der Waals surface area contributed by atoms with Gasteiger partial charge in [0, 0.05) is 12.5 Å². The number of ether oxygens (including phenoxy) is 1. The van der Waals surface area contributed by atoms with E-state index in [0.717, 1.165) is 21.6 Å². The third-order valence-electron chi connectivity index (χ3n) is 4.00. The quantitative estimate of drug-likeness (QED) is 0.353. The number of hydroxylamine groups is 2. The van der Waals surface area contributed by atoms with Crippen LogP contribution in [0, 0.1) is 0 Å². The molecule has 0 saturated heterocycles. The summed E-state index contributed by atoms with van der Waals surface area (Å²) in [5.74, 6) is 0. The van der Waals surface area contributed by atoms with Crippen molar-refractivity contribution in [3.63, 3.8) is 0 Å². The molecule has 0 aromatic heterocycles. The van der Waals surface area contributed by atoms with E-state index in [0.29, 0.717) is 26.2 Å². The van der Waals surface area contributed by atoms with Crippen LogP contribution in [0.4, 0.5) is 4.79 Å². The Morgan fingerprint density at radius 1 is 1.04 bits per heavy atom. The lowest BCUT2D eigenvalue weighted by Gasteiger charge is -2.23. The fourth-order valence-corrected chi connectivity index (χ4v) is 3.54. The van der Waals surface area contributed by atoms with Crippen molar-refractivity contribution < 1.29 is 14.4 Å². The molecule has 0 aliphatic carbocycles. The molecular weight excluding hydrogens is 422 g/mol. The second kappa shape index (κ2) is 10.6. The first-order chi connectivity index (χ1) is 12.8. The van der Waals surface area contributed by atoms with Gasteiger partial charge in [-0.3, -0.25) is 4.84 Å². The van der Waals surface area contributed by atoms with E-state index < -0.39 is 14.2 Å². The molecule has 1 amide bonds. The number of halogens is 1. The largest absolute Gasteiger partial charge is 0.448 e. The number of amides is 1. The summed E-state index contributed by atoms with van der Waals surface area (Å²) in [6.07, 6.45) is 0.274. The van der Waals surface area contributed by atoms with E-state index in [1.165, 1.54) is 5.06 Å². The second-order valence-corrected chi connectivity index (χ2v) is 14.2. The van der Waals surface area contributed by atoms with Crippen molar-refractivity contribution in [2.75, 3.05) is 13.2 Å². The van der Waals surface area contributed by atoms with Crippen LogP contribution in [-0.2, 0) is 22.6 Å². The fourth-order valence-electron chi connectivity index (χ4n) is 2.37. The van der Waals surface area contributed by atoms with Crippen molar-refractivity contribution in [3.05, 3.63) is 70.2 Å². The number of hydrogen-bond acceptors (Lipinski definition) is 3. The Kier molecular flexibility index (Phi) is 8.53. The molecule has 0 fully saturated rings. The molecule has 27 heavy (non-hydrogen) atoms. The van der Waals surface area contributed by atoms with Crippen LogP contribution in [0.25, 0.3) is 0 Å². The number of carbonyl (C=O) groups excluding carboxylic acids is 1. The lowest BCUT2D eigenvalue weighted by Crippen LogP contribution is -2.34. The SMILES string of the molecule is C[Si](C)(C)CCOC(=O)N(CCc1cccc(Br)c1)OCc1ccccc1. The summed E-state index contributed by atoms with van der Waals surface area (Å²) in [6.45, 7) is 8.00. The van der Waals surface area contributed by atoms with Gasteiger partial charge in [-0.25, -0.2) is 4.79 Å². The smallest absolute Gasteiger partial charge is 0.433 e. The molecule has 0 bridgehead atoms. The summed E-state index contributed by atoms with van der Waals surface area (Å²) >= 11 is 3.48. The lowest BCUT2D eigenvalue weighted by atomic mass is 10.1. The molecule has 0 unspecified atom stereocenters. The van der Waals surface area contributed by atoms with Gasteiger partial charge in [0.2, 0.25) is 0 Å². The van der Waals surface area contributed by atoms with Crippen LogP contribution in [0.5, 0.6) is 0 Å². The Morgan fingerprint density at radius 3 is 2.41 bits per heavy atom. The predicted molar refractivity (Wildman–Crippen MR) is 115 cm³/mol. The third-order valence-corrected chi connectivity index (χ3v) is 6.20. The first-order valence-corrected chi connectivity index (χ1v) is 13.7. The van der Waals surface area contributed by atoms with Crippen LogP contribution in [0.3, 0.4) is 0 Å². The van der Waals surface area contributed by atoms with Gasteiger partial charge >= 0.3 is 6.09 Å². The minimum absolute atomic E-state index is 0.336. The van der Waals surface area contributed by atoms with Crippen LogP contribution in [-0.4, -0.2) is 32.4 Å². The summed E-state index contributed by atoms with van der Waals surface area (Å²) in [4.78, 5) is 18.3. The predicted octanol–water partition coefficient (Wildman–Crippen LogP) is 5.90. The zero-order chi connectivity index (χ0) is 19.7. The van der Waals surface area contributed by atoms with Crippen LogP contribution in [0.15, 0.2) is 59.1 Å². The monoisotopic (exact) mass is 449 g/mol. The molecule has 0 spiro atoms. The minimum Gasteiger partial charge on any atom is -0.448 e. The highest BCUT2D eigenvalue weighted by Crippen LogP contribution is 2.14. The summed E-state index contributed by atoms with van der Waals surface area (Å²) < 4.78 is 6.49. The molecule has 2 rings (SSSR count). The maximum Gasteiger partial charge on any atom is 0.433 e. The summed E-state index contributed by atoms with van der Waals surface area (Å²) in [5.41, 5.74) is 2.15. The molecular formula is C21H28BrNO3Si. The average molecular weight is 450 g/mol. The Balaban J connectivity index is 1.94. The molecule has 0 saturated carbocycles. The van der Waals surface area contributed by atoms with E-state index in [9.17, 15) is 4.79 Å². The molecule has 0 N–H and O–H groups in total. The number of benzene rings is 2. The van der Waals surface area contributed by atoms with Gasteiger partial charge in [-0.2, -0.15) is 5.06 Å². The normalized spacial score (nSPS) is 11.3. The summed E-state index contributed by atoms with van der Waals surface area (Å²) in [6, 6.07) is 18.8. The molecule has 0 aliphatic heterocycles. The Bertz CT molecular complexity index is 719. The zero-order valence-corrected chi connectivity index (χ0v) is 18.9. The number of hydrogen-bond donors (Lipinski definition) is 0. The maximum atomic E-state index is 12.5. The molecule has 6 heteroatoms. The topological polar surface area (TPSA) is 38.8 Å². The van der Waals surface area contributed by atoms with Crippen molar-refractivity contribution in [2.24, 2.45) is 0 Å². The molecule has 0 atom stereocenters. The Morgan fingerprint density at radius 2 is 1.74 bits per heavy atom. The second-order valence-electron chi connectivity index (χ2n) is 7.67. The zero-order valence-electron chi connectivity index (χ0n) is 16.3. The summed E-state index contributed by atoms with van der Waals surface area (Å²) in [7, 11) is -1.25. The van der Waals surface area contributed by atoms with E-state index in [4.69, 9.17) is 9.57 Å². The van der Waals surface area contributed by atoms with Crippen LogP contribution >= 0.6 is 15.9 Å². The van der Waals surface area contributed by atoms with Gasteiger partial charge in [-0.05, 0) is 35.7 Å². The lowest BCUT2D eigenvalue weighted by molar-refractivity contribution is -0.145. The van der Waals surface area contributed by atoms with E-state index >= 15 is 0 Å². The number of rotatable bonds is 9. The fraction of sp³-hybridized carbons (Fsp3) is 0.381. The van der Waals surface area contributed by atoms with E-state index in [-0.39, 0.29) is 0 Å². The van der Waals surface area contributed by atoms with Gasteiger partial charge in [-0.15, -0.1) is 0 Å². The van der Waals surface area contributed by atoms with Gasteiger partial charge in [0.05, 0.1) is 13.2 Å². The molecule has 0 radical (unpaired) electrons. The van der Waals surface area contributed by atoms with E-state index in [2.05, 4.69) is 35.6 Å². The van der Waals surface area contributed by atoms with Gasteiger partial charge in [-0.1, -0.05) is 78.0 Å². The van der Waals surface area contributed by atoms with Crippen molar-refractivity contribution in [1.82, 2.24) is 5.06 Å². The highest BCUT2D eigenvalue weighted by molar-refractivity contribution is 9.10. The molecule has 2 aromatic carbocycles. The third kappa shape index (κ3) is 8.73. The van der Waals surface area contributed by atoms with Crippen LogP contribution < -0.4 is 0 Å². The molecule has 4 nitrogen and oxygen atoms in total. The van der Waals surface area contributed by atoms with Crippen molar-refractivity contribution in [2.45, 2.75) is 38.7 Å². The van der Waals surface area contributed by atoms with Gasteiger partial charge in [0.1, 0.15) is 6.61 Å². The van der Waals surface area contributed by atoms with Gasteiger partial charge < -0.3 is 4.74 Å². The summed E-state index contributed by atoms with van der Waals surface area (Å²) in [5, 5.41) is 1.35. The molecule has 0 aliphatic rings. The average Bonchev–Trinajstić information content (AvgIpc) is 2.61.